The van der Waals surface area contributed by atoms with Crippen LogP contribution in [-0.4, -0.2) is 25.0 Å². The summed E-state index contributed by atoms with van der Waals surface area (Å²) in [5, 5.41) is 21.2. The minimum Gasteiger partial charge on any atom is -0.358 e. The third-order valence-corrected chi connectivity index (χ3v) is 2.76. The van der Waals surface area contributed by atoms with Gasteiger partial charge in [0.2, 0.25) is 5.82 Å². The smallest absolute Gasteiger partial charge is 0.358 e. The Morgan fingerprint density at radius 2 is 2.10 bits per heavy atom. The van der Waals surface area contributed by atoms with Gasteiger partial charge in [-0.2, -0.15) is 0 Å². The summed E-state index contributed by atoms with van der Waals surface area (Å²) in [6.45, 7) is 0. The summed E-state index contributed by atoms with van der Waals surface area (Å²) in [5.74, 6) is -1.75. The van der Waals surface area contributed by atoms with Crippen molar-refractivity contribution >= 4 is 17.4 Å². The van der Waals surface area contributed by atoms with Gasteiger partial charge < -0.3 is 10.1 Å². The van der Waals surface area contributed by atoms with Crippen LogP contribution >= 0.6 is 11.6 Å². The predicted molar refractivity (Wildman–Crippen MR) is 67.1 cm³/mol. The van der Waals surface area contributed by atoms with Crippen LogP contribution in [-0.2, 0) is 0 Å². The fourth-order valence-corrected chi connectivity index (χ4v) is 1.87. The van der Waals surface area contributed by atoms with Gasteiger partial charge in [-0.3, -0.25) is 4.52 Å². The van der Waals surface area contributed by atoms with Crippen LogP contribution in [0.15, 0.2) is 38.2 Å². The quantitative estimate of drug-likeness (QED) is 0.524. The average Bonchev–Trinajstić information content (AvgIpc) is 3.04. The lowest BCUT2D eigenvalue weighted by Gasteiger charge is -2.02. The molecule has 0 bridgehead atoms. The van der Waals surface area contributed by atoms with Crippen molar-refractivity contribution in [2.75, 3.05) is 0 Å². The van der Waals surface area contributed by atoms with Gasteiger partial charge in [0.15, 0.2) is 5.16 Å². The van der Waals surface area contributed by atoms with Gasteiger partial charge in [0.05, 0.1) is 5.69 Å². The second-order valence-electron chi connectivity index (χ2n) is 3.78. The largest absolute Gasteiger partial charge is 0.446 e. The van der Waals surface area contributed by atoms with E-state index in [1.54, 1.807) is 18.2 Å². The number of rotatable bonds is 3. The Labute approximate surface area is 119 Å². The van der Waals surface area contributed by atoms with E-state index in [2.05, 4.69) is 24.6 Å². The molecule has 106 valence electrons. The molecule has 0 saturated carbocycles. The van der Waals surface area contributed by atoms with Crippen LogP contribution in [0.1, 0.15) is 0 Å². The lowest BCUT2D eigenvalue weighted by atomic mass is 10.3. The van der Waals surface area contributed by atoms with E-state index in [4.69, 9.17) is 11.6 Å². The lowest BCUT2D eigenvalue weighted by Crippen LogP contribution is -2.13. The summed E-state index contributed by atoms with van der Waals surface area (Å²) in [4.78, 5) is 21.8. The van der Waals surface area contributed by atoms with Gasteiger partial charge in [0.25, 0.3) is 5.69 Å². The van der Waals surface area contributed by atoms with E-state index in [0.717, 1.165) is 4.57 Å². The Kier molecular flexibility index (Phi) is 2.99. The molecule has 0 atom stereocenters. The van der Waals surface area contributed by atoms with Gasteiger partial charge in [-0.1, -0.05) is 22.8 Å². The Balaban J connectivity index is 2.25. The zero-order chi connectivity index (χ0) is 15.0. The monoisotopic (exact) mass is 309 g/mol. The second kappa shape index (κ2) is 4.83. The van der Waals surface area contributed by atoms with Crippen molar-refractivity contribution in [3.8, 4) is 17.2 Å². The van der Waals surface area contributed by atoms with E-state index < -0.39 is 16.5 Å². The summed E-state index contributed by atoms with van der Waals surface area (Å²) in [6.07, 6.45) is 0. The fourth-order valence-electron chi connectivity index (χ4n) is 1.69. The second-order valence-corrected chi connectivity index (χ2v) is 4.22. The van der Waals surface area contributed by atoms with Crippen LogP contribution in [0.5, 0.6) is 0 Å². The maximum Gasteiger partial charge on any atom is 0.446 e. The minimum absolute atomic E-state index is 0.213. The maximum absolute atomic E-state index is 11.8. The molecule has 2 aromatic heterocycles. The van der Waals surface area contributed by atoms with Crippen molar-refractivity contribution in [2.45, 2.75) is 0 Å². The summed E-state index contributed by atoms with van der Waals surface area (Å²) in [7, 11) is 0. The van der Waals surface area contributed by atoms with Gasteiger partial charge >= 0.3 is 11.6 Å². The first-order valence-electron chi connectivity index (χ1n) is 5.40. The van der Waals surface area contributed by atoms with E-state index in [0.29, 0.717) is 10.7 Å². The van der Waals surface area contributed by atoms with Crippen LogP contribution in [0.3, 0.4) is 0 Å². The van der Waals surface area contributed by atoms with E-state index in [9.17, 15) is 14.9 Å². The molecule has 3 aromatic rings. The number of hydrogen-bond donors (Lipinski definition) is 0. The lowest BCUT2D eigenvalue weighted by molar-refractivity contribution is -0.390. The third kappa shape index (κ3) is 2.17. The number of aromatic nitrogens is 4. The highest BCUT2D eigenvalue weighted by Gasteiger charge is 2.30. The van der Waals surface area contributed by atoms with E-state index in [1.165, 1.54) is 6.07 Å². The molecular formula is C10H4ClN5O5. The molecule has 0 saturated heterocycles. The molecule has 10 nitrogen and oxygen atoms in total. The first-order chi connectivity index (χ1) is 10.1. The van der Waals surface area contributed by atoms with Crippen LogP contribution < -0.4 is 5.76 Å². The molecule has 0 N–H and O–H groups in total. The number of benzene rings is 1. The SMILES string of the molecule is O=c1onc(-c2nonc2[N+](=O)[O-])n1-c1cccc(Cl)c1. The van der Waals surface area contributed by atoms with Crippen molar-refractivity contribution < 1.29 is 14.1 Å². The fraction of sp³-hybridized carbons (Fsp3) is 0. The number of hydrogen-bond acceptors (Lipinski definition) is 8. The minimum atomic E-state index is -0.857. The first-order valence-corrected chi connectivity index (χ1v) is 5.77. The highest BCUT2D eigenvalue weighted by molar-refractivity contribution is 6.30. The third-order valence-electron chi connectivity index (χ3n) is 2.53. The number of nitrogens with zero attached hydrogens (tertiary/aromatic N) is 5. The van der Waals surface area contributed by atoms with Gasteiger partial charge in [0, 0.05) is 5.02 Å². The molecule has 0 spiro atoms. The molecule has 0 fully saturated rings. The number of nitro groups is 1. The molecule has 0 aliphatic heterocycles. The van der Waals surface area contributed by atoms with E-state index in [1.807, 2.05) is 0 Å². The number of halogens is 1. The van der Waals surface area contributed by atoms with E-state index >= 15 is 0 Å². The molecule has 21 heavy (non-hydrogen) atoms. The molecule has 0 unspecified atom stereocenters. The standard InChI is InChI=1S/C10H4ClN5O5/c11-5-2-1-3-6(4-5)15-8(13-20-10(15)17)7-9(16(18)19)14-21-12-7/h1-4H. The van der Waals surface area contributed by atoms with Crippen LogP contribution in [0.2, 0.25) is 5.02 Å². The van der Waals surface area contributed by atoms with Gasteiger partial charge in [-0.25, -0.2) is 9.36 Å². The zero-order valence-electron chi connectivity index (χ0n) is 9.96. The van der Waals surface area contributed by atoms with Crippen LogP contribution in [0.25, 0.3) is 17.2 Å². The van der Waals surface area contributed by atoms with E-state index in [-0.39, 0.29) is 11.5 Å². The summed E-state index contributed by atoms with van der Waals surface area (Å²) < 4.78 is 9.82. The highest BCUT2D eigenvalue weighted by Crippen LogP contribution is 2.26. The van der Waals surface area contributed by atoms with Crippen LogP contribution in [0.4, 0.5) is 5.82 Å². The Morgan fingerprint density at radius 3 is 2.81 bits per heavy atom. The first kappa shape index (κ1) is 13.0. The van der Waals surface area contributed by atoms with Crippen molar-refractivity contribution in [1.29, 1.82) is 0 Å². The topological polar surface area (TPSA) is 130 Å². The molecule has 0 radical (unpaired) electrons. The predicted octanol–water partition coefficient (Wildman–Crippen LogP) is 1.44. The molecule has 2 heterocycles. The zero-order valence-corrected chi connectivity index (χ0v) is 10.7. The Morgan fingerprint density at radius 1 is 1.29 bits per heavy atom. The normalized spacial score (nSPS) is 10.7. The van der Waals surface area contributed by atoms with Crippen molar-refractivity contribution in [3.63, 3.8) is 0 Å². The molecular weight excluding hydrogens is 306 g/mol. The summed E-state index contributed by atoms with van der Waals surface area (Å²) in [6, 6.07) is 6.20. The van der Waals surface area contributed by atoms with Crippen molar-refractivity contribution in [2.24, 2.45) is 0 Å². The van der Waals surface area contributed by atoms with Crippen molar-refractivity contribution in [3.05, 3.63) is 50.0 Å². The molecule has 11 heteroatoms. The van der Waals surface area contributed by atoms with Crippen molar-refractivity contribution in [1.82, 2.24) is 20.0 Å². The summed E-state index contributed by atoms with van der Waals surface area (Å²) >= 11 is 5.85. The summed E-state index contributed by atoms with van der Waals surface area (Å²) in [5.41, 5.74) is -0.0214. The van der Waals surface area contributed by atoms with Crippen LogP contribution in [0, 0.1) is 10.1 Å². The van der Waals surface area contributed by atoms with Gasteiger partial charge in [0.1, 0.15) is 0 Å². The molecule has 0 aliphatic rings. The molecule has 0 amide bonds. The Bertz CT molecular complexity index is 882. The highest BCUT2D eigenvalue weighted by atomic mass is 35.5. The molecule has 1 aromatic carbocycles. The average molecular weight is 310 g/mol. The Hall–Kier alpha value is -3.01. The molecule has 3 rings (SSSR count). The van der Waals surface area contributed by atoms with Gasteiger partial charge in [-0.05, 0) is 28.3 Å². The van der Waals surface area contributed by atoms with Gasteiger partial charge in [-0.15, -0.1) is 4.63 Å². The maximum atomic E-state index is 11.8. The molecule has 0 aliphatic carbocycles.